The molecule has 7 nitrogen and oxygen atoms in total. The van der Waals surface area contributed by atoms with E-state index in [1.54, 1.807) is 52.0 Å². The van der Waals surface area contributed by atoms with Crippen molar-refractivity contribution in [3.8, 4) is 12.3 Å². The van der Waals surface area contributed by atoms with E-state index in [1.165, 1.54) is 4.90 Å². The number of para-hydroxylation sites is 1. The monoisotopic (exact) mass is 505 g/mol. The second-order valence-electron chi connectivity index (χ2n) is 10.1. The molecule has 0 heterocycles. The maximum absolute atomic E-state index is 13.8. The number of amides is 3. The van der Waals surface area contributed by atoms with Crippen LogP contribution in [0.2, 0.25) is 0 Å². The normalized spacial score (nSPS) is 12.6. The molecule has 2 aromatic rings. The van der Waals surface area contributed by atoms with Crippen molar-refractivity contribution in [3.05, 3.63) is 65.2 Å². The van der Waals surface area contributed by atoms with Gasteiger partial charge in [0.1, 0.15) is 17.7 Å². The van der Waals surface area contributed by atoms with Crippen molar-refractivity contribution < 1.29 is 19.1 Å². The molecule has 37 heavy (non-hydrogen) atoms. The Morgan fingerprint density at radius 3 is 2.27 bits per heavy atom. The number of benzene rings is 2. The lowest BCUT2D eigenvalue weighted by atomic mass is 10.0. The standard InChI is InChI=1S/C30H39N3O4/c1-8-10-13-20-33(28(35)22(4)31-29(36)37-30(5,6)7)26(24-18-16-23(9-2)17-19-24)27(34)32-25-15-12-11-14-21(25)3/h2,11-12,14-19,22,26H,8,10,13,20H2,1,3-7H3,(H,31,36)(H,32,34). The number of unbranched alkanes of at least 4 members (excludes halogenated alkanes) is 2. The lowest BCUT2D eigenvalue weighted by Crippen LogP contribution is -2.51. The Morgan fingerprint density at radius 1 is 1.05 bits per heavy atom. The van der Waals surface area contributed by atoms with Crippen molar-refractivity contribution >= 4 is 23.6 Å². The predicted octanol–water partition coefficient (Wildman–Crippen LogP) is 5.59. The fourth-order valence-electron chi connectivity index (χ4n) is 3.84. The zero-order chi connectivity index (χ0) is 27.6. The summed E-state index contributed by atoms with van der Waals surface area (Å²) in [5, 5.41) is 5.61. The molecular formula is C30H39N3O4. The van der Waals surface area contributed by atoms with E-state index in [2.05, 4.69) is 23.5 Å². The second-order valence-corrected chi connectivity index (χ2v) is 10.1. The van der Waals surface area contributed by atoms with Crippen molar-refractivity contribution in [3.63, 3.8) is 0 Å². The van der Waals surface area contributed by atoms with Crippen LogP contribution in [0, 0.1) is 19.3 Å². The van der Waals surface area contributed by atoms with Crippen LogP contribution in [0.3, 0.4) is 0 Å². The number of terminal acetylenes is 1. The number of hydrogen-bond donors (Lipinski definition) is 2. The topological polar surface area (TPSA) is 87.7 Å². The average molecular weight is 506 g/mol. The Bertz CT molecular complexity index is 1110. The van der Waals surface area contributed by atoms with Gasteiger partial charge in [-0.05, 0) is 70.4 Å². The van der Waals surface area contributed by atoms with Crippen LogP contribution in [0.25, 0.3) is 0 Å². The summed E-state index contributed by atoms with van der Waals surface area (Å²) in [7, 11) is 0. The van der Waals surface area contributed by atoms with Gasteiger partial charge in [-0.3, -0.25) is 9.59 Å². The van der Waals surface area contributed by atoms with Gasteiger partial charge in [0.15, 0.2) is 0 Å². The van der Waals surface area contributed by atoms with Gasteiger partial charge in [-0.15, -0.1) is 6.42 Å². The van der Waals surface area contributed by atoms with E-state index in [4.69, 9.17) is 11.2 Å². The number of carbonyl (C=O) groups is 3. The fraction of sp³-hybridized carbons (Fsp3) is 0.433. The molecule has 0 bridgehead atoms. The molecule has 0 saturated carbocycles. The first-order valence-corrected chi connectivity index (χ1v) is 12.7. The number of anilines is 1. The van der Waals surface area contributed by atoms with E-state index in [0.717, 1.165) is 18.4 Å². The lowest BCUT2D eigenvalue weighted by Gasteiger charge is -2.34. The molecule has 0 aliphatic carbocycles. The van der Waals surface area contributed by atoms with Crippen molar-refractivity contribution in [1.82, 2.24) is 10.2 Å². The van der Waals surface area contributed by atoms with Crippen molar-refractivity contribution in [2.75, 3.05) is 11.9 Å². The molecule has 7 heteroatoms. The molecule has 3 amide bonds. The molecule has 2 N–H and O–H groups in total. The van der Waals surface area contributed by atoms with Crippen LogP contribution < -0.4 is 10.6 Å². The number of carbonyl (C=O) groups excluding carboxylic acids is 3. The number of alkyl carbamates (subject to hydrolysis) is 1. The van der Waals surface area contributed by atoms with E-state index >= 15 is 0 Å². The number of aryl methyl sites for hydroxylation is 1. The summed E-state index contributed by atoms with van der Waals surface area (Å²) in [6.45, 7) is 11.2. The van der Waals surface area contributed by atoms with Crippen LogP contribution in [-0.2, 0) is 14.3 Å². The summed E-state index contributed by atoms with van der Waals surface area (Å²) >= 11 is 0. The molecule has 2 atom stereocenters. The quantitative estimate of drug-likeness (QED) is 0.326. The molecule has 0 aliphatic rings. The molecule has 198 valence electrons. The van der Waals surface area contributed by atoms with Gasteiger partial charge in [-0.1, -0.05) is 56.0 Å². The third-order valence-corrected chi connectivity index (χ3v) is 5.75. The van der Waals surface area contributed by atoms with Crippen LogP contribution in [0.4, 0.5) is 10.5 Å². The zero-order valence-corrected chi connectivity index (χ0v) is 22.8. The second kappa shape index (κ2) is 13.5. The van der Waals surface area contributed by atoms with E-state index in [0.29, 0.717) is 29.8 Å². The first-order valence-electron chi connectivity index (χ1n) is 12.7. The minimum Gasteiger partial charge on any atom is -0.444 e. The van der Waals surface area contributed by atoms with Crippen LogP contribution in [0.5, 0.6) is 0 Å². The molecule has 2 aromatic carbocycles. The largest absolute Gasteiger partial charge is 0.444 e. The minimum absolute atomic E-state index is 0.343. The molecule has 0 aromatic heterocycles. The Balaban J connectivity index is 2.45. The van der Waals surface area contributed by atoms with Gasteiger partial charge in [0.2, 0.25) is 5.91 Å². The van der Waals surface area contributed by atoms with E-state index < -0.39 is 23.8 Å². The summed E-state index contributed by atoms with van der Waals surface area (Å²) in [5.41, 5.74) is 2.16. The Hall–Kier alpha value is -3.79. The van der Waals surface area contributed by atoms with Gasteiger partial charge >= 0.3 is 6.09 Å². The highest BCUT2D eigenvalue weighted by atomic mass is 16.6. The van der Waals surface area contributed by atoms with Crippen LogP contribution >= 0.6 is 0 Å². The third kappa shape index (κ3) is 8.98. The molecule has 0 radical (unpaired) electrons. The highest BCUT2D eigenvalue weighted by Gasteiger charge is 2.34. The van der Waals surface area contributed by atoms with Gasteiger partial charge in [0.05, 0.1) is 0 Å². The summed E-state index contributed by atoms with van der Waals surface area (Å²) in [6.07, 6.45) is 7.38. The maximum atomic E-state index is 13.8. The molecule has 0 saturated heterocycles. The van der Waals surface area contributed by atoms with Gasteiger partial charge < -0.3 is 20.3 Å². The van der Waals surface area contributed by atoms with Crippen molar-refractivity contribution in [2.24, 2.45) is 0 Å². The molecule has 2 rings (SSSR count). The smallest absolute Gasteiger partial charge is 0.408 e. The molecule has 0 aliphatic heterocycles. The zero-order valence-electron chi connectivity index (χ0n) is 22.8. The SMILES string of the molecule is C#Cc1ccc(C(C(=O)Nc2ccccc2C)N(CCCCC)C(=O)C(C)NC(=O)OC(C)(C)C)cc1. The van der Waals surface area contributed by atoms with E-state index in [9.17, 15) is 14.4 Å². The Labute approximate surface area is 221 Å². The summed E-state index contributed by atoms with van der Waals surface area (Å²) < 4.78 is 5.33. The maximum Gasteiger partial charge on any atom is 0.408 e. The van der Waals surface area contributed by atoms with Gasteiger partial charge in [0.25, 0.3) is 5.91 Å². The van der Waals surface area contributed by atoms with Gasteiger partial charge in [-0.2, -0.15) is 0 Å². The highest BCUT2D eigenvalue weighted by molar-refractivity contribution is 5.99. The van der Waals surface area contributed by atoms with E-state index in [1.807, 2.05) is 31.2 Å². The molecule has 2 unspecified atom stereocenters. The number of rotatable bonds is 10. The van der Waals surface area contributed by atoms with Gasteiger partial charge in [-0.25, -0.2) is 4.79 Å². The first kappa shape index (κ1) is 29.4. The Kier molecular flexibility index (Phi) is 10.7. The minimum atomic E-state index is -0.932. The summed E-state index contributed by atoms with van der Waals surface area (Å²) in [5.74, 6) is 1.85. The van der Waals surface area contributed by atoms with Crippen molar-refractivity contribution in [2.45, 2.75) is 78.5 Å². The molecule has 0 fully saturated rings. The fourth-order valence-corrected chi connectivity index (χ4v) is 3.84. The van der Waals surface area contributed by atoms with Gasteiger partial charge in [0, 0.05) is 17.8 Å². The number of nitrogens with one attached hydrogen (secondary N) is 2. The van der Waals surface area contributed by atoms with Crippen LogP contribution in [-0.4, -0.2) is 41.0 Å². The molecule has 0 spiro atoms. The van der Waals surface area contributed by atoms with Crippen LogP contribution in [0.1, 0.15) is 76.6 Å². The van der Waals surface area contributed by atoms with E-state index in [-0.39, 0.29) is 11.8 Å². The summed E-state index contributed by atoms with van der Waals surface area (Å²) in [4.78, 5) is 41.4. The number of nitrogens with zero attached hydrogens (tertiary/aromatic N) is 1. The Morgan fingerprint density at radius 2 is 1.70 bits per heavy atom. The van der Waals surface area contributed by atoms with Crippen LogP contribution in [0.15, 0.2) is 48.5 Å². The van der Waals surface area contributed by atoms with Crippen molar-refractivity contribution in [1.29, 1.82) is 0 Å². The highest BCUT2D eigenvalue weighted by Crippen LogP contribution is 2.26. The number of ether oxygens (including phenoxy) is 1. The first-order chi connectivity index (χ1) is 17.5. The lowest BCUT2D eigenvalue weighted by molar-refractivity contribution is -0.140. The predicted molar refractivity (Wildman–Crippen MR) is 147 cm³/mol. The molecular weight excluding hydrogens is 466 g/mol. The summed E-state index contributed by atoms with van der Waals surface area (Å²) in [6, 6.07) is 12.7. The number of hydrogen-bond acceptors (Lipinski definition) is 4. The third-order valence-electron chi connectivity index (χ3n) is 5.75. The average Bonchev–Trinajstić information content (AvgIpc) is 2.83.